The number of hydrogen-bond acceptors (Lipinski definition) is 7. The first-order valence-corrected chi connectivity index (χ1v) is 8.23. The smallest absolute Gasteiger partial charge is 0.289 e. The van der Waals surface area contributed by atoms with E-state index in [1.54, 1.807) is 14.0 Å². The molecule has 1 atom stereocenters. The van der Waals surface area contributed by atoms with Gasteiger partial charge in [-0.1, -0.05) is 11.6 Å². The summed E-state index contributed by atoms with van der Waals surface area (Å²) in [6, 6.07) is -0.403. The topological polar surface area (TPSA) is 108 Å². The quantitative estimate of drug-likeness (QED) is 0.841. The lowest BCUT2D eigenvalue weighted by molar-refractivity contribution is 0.0916. The summed E-state index contributed by atoms with van der Waals surface area (Å²) >= 11 is 0. The average Bonchev–Trinajstić information content (AvgIpc) is 3.14. The monoisotopic (exact) mass is 334 g/mol. The number of amides is 1. The minimum absolute atomic E-state index is 0.278. The Kier molecular flexibility index (Phi) is 5.19. The molecule has 24 heavy (non-hydrogen) atoms. The Bertz CT molecular complexity index is 695. The summed E-state index contributed by atoms with van der Waals surface area (Å²) in [5.74, 6) is 1.87. The van der Waals surface area contributed by atoms with E-state index in [0.29, 0.717) is 30.6 Å². The van der Waals surface area contributed by atoms with Crippen molar-refractivity contribution in [1.29, 1.82) is 0 Å². The van der Waals surface area contributed by atoms with E-state index in [1.807, 2.05) is 4.57 Å². The van der Waals surface area contributed by atoms with Crippen LogP contribution in [0.2, 0.25) is 0 Å². The zero-order valence-electron chi connectivity index (χ0n) is 14.0. The molecule has 0 aromatic carbocycles. The lowest BCUT2D eigenvalue weighted by Crippen LogP contribution is -2.30. The molecular formula is C15H22N6O3. The van der Waals surface area contributed by atoms with Crippen LogP contribution in [0.25, 0.3) is 0 Å². The highest BCUT2D eigenvalue weighted by atomic mass is 16.5. The van der Waals surface area contributed by atoms with Crippen LogP contribution < -0.4 is 5.32 Å². The maximum atomic E-state index is 12.5. The standard InChI is InChI=1S/C15H22N6O3/c1-10(15-17-11(20-24-15)7-9-23-2)16-14(22)13-19-18-12-6-4-3-5-8-21(12)13/h10H,3-9H2,1-2H3,(H,16,22). The van der Waals surface area contributed by atoms with Crippen molar-refractivity contribution in [2.75, 3.05) is 13.7 Å². The molecule has 3 rings (SSSR count). The van der Waals surface area contributed by atoms with Crippen molar-refractivity contribution < 1.29 is 14.1 Å². The van der Waals surface area contributed by atoms with Gasteiger partial charge in [0.05, 0.1) is 6.61 Å². The predicted molar refractivity (Wildman–Crippen MR) is 83.3 cm³/mol. The molecule has 0 aliphatic carbocycles. The average molecular weight is 334 g/mol. The number of carbonyl (C=O) groups is 1. The first-order chi connectivity index (χ1) is 11.7. The lowest BCUT2D eigenvalue weighted by atomic mass is 10.2. The third-order valence-corrected chi connectivity index (χ3v) is 4.04. The molecule has 0 bridgehead atoms. The number of fused-ring (bicyclic) bond motifs is 1. The molecule has 1 N–H and O–H groups in total. The molecule has 9 heteroatoms. The van der Waals surface area contributed by atoms with E-state index in [2.05, 4.69) is 25.7 Å². The summed E-state index contributed by atoms with van der Waals surface area (Å²) in [5.41, 5.74) is 0. The van der Waals surface area contributed by atoms with Crippen molar-refractivity contribution in [1.82, 2.24) is 30.2 Å². The molecule has 1 amide bonds. The summed E-state index contributed by atoms with van der Waals surface area (Å²) in [4.78, 5) is 16.8. The van der Waals surface area contributed by atoms with Crippen LogP contribution in [0.3, 0.4) is 0 Å². The van der Waals surface area contributed by atoms with E-state index in [-0.39, 0.29) is 5.91 Å². The maximum Gasteiger partial charge on any atom is 0.289 e. The third kappa shape index (κ3) is 3.61. The minimum Gasteiger partial charge on any atom is -0.384 e. The number of carbonyl (C=O) groups excluding carboxylic acids is 1. The molecular weight excluding hydrogens is 312 g/mol. The Morgan fingerprint density at radius 2 is 2.25 bits per heavy atom. The first kappa shape index (κ1) is 16.6. The second-order valence-electron chi connectivity index (χ2n) is 5.89. The van der Waals surface area contributed by atoms with Gasteiger partial charge < -0.3 is 19.1 Å². The van der Waals surface area contributed by atoms with E-state index in [1.165, 1.54) is 0 Å². The van der Waals surface area contributed by atoms with E-state index >= 15 is 0 Å². The van der Waals surface area contributed by atoms with Gasteiger partial charge in [0.15, 0.2) is 5.82 Å². The Morgan fingerprint density at radius 1 is 1.38 bits per heavy atom. The Balaban J connectivity index is 1.66. The fourth-order valence-corrected chi connectivity index (χ4v) is 2.71. The van der Waals surface area contributed by atoms with Crippen LogP contribution in [0.4, 0.5) is 0 Å². The molecule has 3 heterocycles. The second-order valence-corrected chi connectivity index (χ2v) is 5.89. The van der Waals surface area contributed by atoms with Crippen LogP contribution >= 0.6 is 0 Å². The molecule has 2 aromatic rings. The SMILES string of the molecule is COCCc1noc(C(C)NC(=O)c2nnc3n2CCCCC3)n1. The number of aryl methyl sites for hydroxylation is 1. The predicted octanol–water partition coefficient (Wildman–Crippen LogP) is 1.07. The minimum atomic E-state index is -0.403. The van der Waals surface area contributed by atoms with E-state index in [4.69, 9.17) is 9.26 Å². The summed E-state index contributed by atoms with van der Waals surface area (Å²) in [6.07, 6.45) is 4.70. The highest BCUT2D eigenvalue weighted by molar-refractivity contribution is 5.90. The van der Waals surface area contributed by atoms with Gasteiger partial charge in [0, 0.05) is 26.5 Å². The summed E-state index contributed by atoms with van der Waals surface area (Å²) < 4.78 is 12.1. The fraction of sp³-hybridized carbons (Fsp3) is 0.667. The molecule has 0 saturated carbocycles. The highest BCUT2D eigenvalue weighted by Gasteiger charge is 2.23. The van der Waals surface area contributed by atoms with Gasteiger partial charge in [-0.2, -0.15) is 4.98 Å². The number of aromatic nitrogens is 5. The fourth-order valence-electron chi connectivity index (χ4n) is 2.71. The molecule has 0 radical (unpaired) electrons. The first-order valence-electron chi connectivity index (χ1n) is 8.23. The lowest BCUT2D eigenvalue weighted by Gasteiger charge is -2.10. The van der Waals surface area contributed by atoms with Crippen molar-refractivity contribution in [2.45, 2.75) is 51.6 Å². The van der Waals surface area contributed by atoms with Crippen LogP contribution in [0.15, 0.2) is 4.52 Å². The van der Waals surface area contributed by atoms with E-state index < -0.39 is 6.04 Å². The van der Waals surface area contributed by atoms with Gasteiger partial charge in [0.25, 0.3) is 5.91 Å². The Hall–Kier alpha value is -2.29. The molecule has 1 unspecified atom stereocenters. The van der Waals surface area contributed by atoms with Gasteiger partial charge in [-0.15, -0.1) is 10.2 Å². The highest BCUT2D eigenvalue weighted by Crippen LogP contribution is 2.16. The number of rotatable bonds is 6. The van der Waals surface area contributed by atoms with Crippen molar-refractivity contribution in [3.05, 3.63) is 23.4 Å². The number of nitrogens with zero attached hydrogens (tertiary/aromatic N) is 5. The van der Waals surface area contributed by atoms with Crippen molar-refractivity contribution in [2.24, 2.45) is 0 Å². The molecule has 0 fully saturated rings. The van der Waals surface area contributed by atoms with Gasteiger partial charge in [-0.05, 0) is 19.8 Å². The van der Waals surface area contributed by atoms with Gasteiger partial charge in [-0.25, -0.2) is 0 Å². The maximum absolute atomic E-state index is 12.5. The Labute approximate surface area is 139 Å². The summed E-state index contributed by atoms with van der Waals surface area (Å²) in [5, 5.41) is 14.9. The van der Waals surface area contributed by atoms with Crippen molar-refractivity contribution in [3.63, 3.8) is 0 Å². The molecule has 0 spiro atoms. The zero-order valence-corrected chi connectivity index (χ0v) is 14.0. The third-order valence-electron chi connectivity index (χ3n) is 4.04. The Morgan fingerprint density at radius 3 is 3.08 bits per heavy atom. The molecule has 1 aliphatic heterocycles. The largest absolute Gasteiger partial charge is 0.384 e. The van der Waals surface area contributed by atoms with E-state index in [9.17, 15) is 4.79 Å². The van der Waals surface area contributed by atoms with Crippen LogP contribution in [0.1, 0.15) is 60.4 Å². The number of methoxy groups -OCH3 is 1. The van der Waals surface area contributed by atoms with Crippen molar-refractivity contribution >= 4 is 5.91 Å². The van der Waals surface area contributed by atoms with Crippen LogP contribution in [-0.2, 0) is 24.1 Å². The van der Waals surface area contributed by atoms with E-state index in [0.717, 1.165) is 38.1 Å². The van der Waals surface area contributed by atoms with Gasteiger partial charge in [-0.3, -0.25) is 4.79 Å². The van der Waals surface area contributed by atoms with Gasteiger partial charge in [0.1, 0.15) is 11.9 Å². The number of ether oxygens (including phenoxy) is 1. The van der Waals surface area contributed by atoms with Gasteiger partial charge >= 0.3 is 0 Å². The molecule has 0 saturated heterocycles. The van der Waals surface area contributed by atoms with Gasteiger partial charge in [0.2, 0.25) is 11.7 Å². The second kappa shape index (κ2) is 7.52. The normalized spacial score (nSPS) is 15.6. The number of hydrogen-bond donors (Lipinski definition) is 1. The summed E-state index contributed by atoms with van der Waals surface area (Å²) in [6.45, 7) is 3.10. The number of nitrogens with one attached hydrogen (secondary N) is 1. The summed E-state index contributed by atoms with van der Waals surface area (Å²) in [7, 11) is 1.62. The van der Waals surface area contributed by atoms with Crippen LogP contribution in [-0.4, -0.2) is 44.5 Å². The zero-order chi connectivity index (χ0) is 16.9. The molecule has 2 aromatic heterocycles. The van der Waals surface area contributed by atoms with Crippen LogP contribution in [0.5, 0.6) is 0 Å². The molecule has 130 valence electrons. The van der Waals surface area contributed by atoms with Crippen molar-refractivity contribution in [3.8, 4) is 0 Å². The molecule has 9 nitrogen and oxygen atoms in total. The van der Waals surface area contributed by atoms with Crippen LogP contribution in [0, 0.1) is 0 Å². The molecule has 1 aliphatic rings.